The number of aryl methyl sites for hydroxylation is 1. The molecule has 1 aromatic carbocycles. The van der Waals surface area contributed by atoms with E-state index in [0.717, 1.165) is 12.1 Å². The smallest absolute Gasteiger partial charge is 0.261 e. The Kier molecular flexibility index (Phi) is 2.47. The average molecular weight is 225 g/mol. The van der Waals surface area contributed by atoms with Crippen LogP contribution in [0.1, 0.15) is 0 Å². The Morgan fingerprint density at radius 3 is 2.69 bits per heavy atom. The molecule has 0 radical (unpaired) electrons. The van der Waals surface area contributed by atoms with Gasteiger partial charge < -0.3 is 10.5 Å². The predicted molar refractivity (Wildman–Crippen MR) is 54.1 cm³/mol. The number of hydrogen-bond acceptors (Lipinski definition) is 3. The molecule has 84 valence electrons. The van der Waals surface area contributed by atoms with Crippen molar-refractivity contribution in [3.05, 3.63) is 36.0 Å². The Hall–Kier alpha value is -2.11. The van der Waals surface area contributed by atoms with Crippen LogP contribution < -0.4 is 10.5 Å². The number of ether oxygens (including phenoxy) is 1. The summed E-state index contributed by atoms with van der Waals surface area (Å²) < 4.78 is 32.4. The predicted octanol–water partition coefficient (Wildman–Crippen LogP) is 2.07. The molecule has 0 amide bonds. The lowest BCUT2D eigenvalue weighted by Gasteiger charge is -2.03. The van der Waals surface area contributed by atoms with E-state index >= 15 is 0 Å². The van der Waals surface area contributed by atoms with E-state index in [2.05, 4.69) is 5.10 Å². The number of benzene rings is 1. The third kappa shape index (κ3) is 1.95. The van der Waals surface area contributed by atoms with Crippen LogP contribution in [0.15, 0.2) is 24.4 Å². The zero-order chi connectivity index (χ0) is 11.7. The van der Waals surface area contributed by atoms with Gasteiger partial charge in [0.05, 0.1) is 6.20 Å². The van der Waals surface area contributed by atoms with Gasteiger partial charge in [0, 0.05) is 13.1 Å². The van der Waals surface area contributed by atoms with E-state index in [9.17, 15) is 8.78 Å². The van der Waals surface area contributed by atoms with E-state index in [4.69, 9.17) is 10.5 Å². The molecule has 0 bridgehead atoms. The molecular formula is C10H9F2N3O. The van der Waals surface area contributed by atoms with E-state index in [-0.39, 0.29) is 17.3 Å². The quantitative estimate of drug-likeness (QED) is 0.851. The maximum atomic E-state index is 13.2. The van der Waals surface area contributed by atoms with E-state index < -0.39 is 11.6 Å². The van der Waals surface area contributed by atoms with Crippen LogP contribution in [-0.4, -0.2) is 9.78 Å². The first kappa shape index (κ1) is 10.4. The second-order valence-electron chi connectivity index (χ2n) is 3.24. The first-order valence-corrected chi connectivity index (χ1v) is 4.48. The molecule has 0 atom stereocenters. The summed E-state index contributed by atoms with van der Waals surface area (Å²) in [6.45, 7) is 0. The molecule has 16 heavy (non-hydrogen) atoms. The van der Waals surface area contributed by atoms with Crippen molar-refractivity contribution < 1.29 is 13.5 Å². The van der Waals surface area contributed by atoms with Crippen LogP contribution in [0.2, 0.25) is 0 Å². The highest BCUT2D eigenvalue weighted by atomic mass is 19.1. The van der Waals surface area contributed by atoms with Gasteiger partial charge in [0.2, 0.25) is 0 Å². The molecule has 0 aliphatic rings. The van der Waals surface area contributed by atoms with Gasteiger partial charge in [0.25, 0.3) is 5.88 Å². The lowest BCUT2D eigenvalue weighted by Crippen LogP contribution is -1.93. The molecule has 0 saturated carbocycles. The van der Waals surface area contributed by atoms with E-state index in [1.807, 2.05) is 0 Å². The van der Waals surface area contributed by atoms with Crippen LogP contribution in [0.4, 0.5) is 14.5 Å². The number of nitrogens with two attached hydrogens (primary N) is 1. The van der Waals surface area contributed by atoms with Gasteiger partial charge in [0.15, 0.2) is 11.6 Å². The zero-order valence-electron chi connectivity index (χ0n) is 8.45. The number of nitrogen functional groups attached to an aromatic ring is 1. The van der Waals surface area contributed by atoms with Crippen molar-refractivity contribution >= 4 is 5.69 Å². The molecule has 4 nitrogen and oxygen atoms in total. The summed E-state index contributed by atoms with van der Waals surface area (Å²) in [4.78, 5) is 0. The Labute approximate surface area is 90.2 Å². The van der Waals surface area contributed by atoms with Crippen molar-refractivity contribution in [3.8, 4) is 11.6 Å². The minimum absolute atomic E-state index is 0.0907. The fraction of sp³-hybridized carbons (Fsp3) is 0.100. The normalized spacial score (nSPS) is 10.4. The Balaban J connectivity index is 2.30. The lowest BCUT2D eigenvalue weighted by molar-refractivity contribution is 0.419. The molecule has 2 rings (SSSR count). The van der Waals surface area contributed by atoms with Crippen LogP contribution in [0.5, 0.6) is 11.6 Å². The van der Waals surface area contributed by atoms with Gasteiger partial charge in [-0.15, -0.1) is 5.10 Å². The second-order valence-corrected chi connectivity index (χ2v) is 3.24. The first-order chi connectivity index (χ1) is 7.56. The van der Waals surface area contributed by atoms with Crippen molar-refractivity contribution in [2.24, 2.45) is 7.05 Å². The van der Waals surface area contributed by atoms with Gasteiger partial charge in [-0.2, -0.15) is 0 Å². The molecule has 1 aromatic heterocycles. The number of anilines is 1. The molecule has 0 spiro atoms. The standard InChI is InChI=1S/C10H9F2N3O/c1-15-5-8(13)10(14-15)16-9-3-2-6(11)4-7(9)12/h2-5H,13H2,1H3. The second kappa shape index (κ2) is 3.80. The topological polar surface area (TPSA) is 53.1 Å². The van der Waals surface area contributed by atoms with Crippen LogP contribution in [0.3, 0.4) is 0 Å². The van der Waals surface area contributed by atoms with Crippen molar-refractivity contribution in [2.75, 3.05) is 5.73 Å². The van der Waals surface area contributed by atoms with Gasteiger partial charge in [-0.05, 0) is 12.1 Å². The Morgan fingerprint density at radius 2 is 2.12 bits per heavy atom. The fourth-order valence-electron chi connectivity index (χ4n) is 1.23. The highest BCUT2D eigenvalue weighted by Gasteiger charge is 2.10. The summed E-state index contributed by atoms with van der Waals surface area (Å²) in [7, 11) is 1.66. The first-order valence-electron chi connectivity index (χ1n) is 4.48. The van der Waals surface area contributed by atoms with Crippen molar-refractivity contribution in [3.63, 3.8) is 0 Å². The molecule has 0 saturated heterocycles. The molecule has 0 aliphatic heterocycles. The molecule has 6 heteroatoms. The molecule has 2 N–H and O–H groups in total. The summed E-state index contributed by atoms with van der Waals surface area (Å²) in [5.74, 6) is -1.50. The fourth-order valence-corrected chi connectivity index (χ4v) is 1.23. The maximum absolute atomic E-state index is 13.2. The molecule has 1 heterocycles. The van der Waals surface area contributed by atoms with Gasteiger partial charge in [-0.3, -0.25) is 4.68 Å². The van der Waals surface area contributed by atoms with Gasteiger partial charge >= 0.3 is 0 Å². The largest absolute Gasteiger partial charge is 0.433 e. The number of rotatable bonds is 2. The zero-order valence-corrected chi connectivity index (χ0v) is 8.45. The van der Waals surface area contributed by atoms with Gasteiger partial charge in [-0.25, -0.2) is 8.78 Å². The third-order valence-electron chi connectivity index (χ3n) is 1.92. The number of hydrogen-bond donors (Lipinski definition) is 1. The molecular weight excluding hydrogens is 216 g/mol. The van der Waals surface area contributed by atoms with Crippen LogP contribution in [-0.2, 0) is 7.05 Å². The minimum atomic E-state index is -0.801. The van der Waals surface area contributed by atoms with Crippen LogP contribution >= 0.6 is 0 Å². The summed E-state index contributed by atoms with van der Waals surface area (Å²) in [6.07, 6.45) is 1.52. The number of aromatic nitrogens is 2. The molecule has 0 aliphatic carbocycles. The lowest BCUT2D eigenvalue weighted by atomic mass is 10.3. The summed E-state index contributed by atoms with van der Waals surface area (Å²) >= 11 is 0. The monoisotopic (exact) mass is 225 g/mol. The van der Waals surface area contributed by atoms with E-state index in [1.165, 1.54) is 16.9 Å². The summed E-state index contributed by atoms with van der Waals surface area (Å²) in [5.41, 5.74) is 5.85. The van der Waals surface area contributed by atoms with Crippen molar-refractivity contribution in [1.82, 2.24) is 9.78 Å². The molecule has 2 aromatic rings. The summed E-state index contributed by atoms with van der Waals surface area (Å²) in [6, 6.07) is 3.00. The van der Waals surface area contributed by atoms with E-state index in [0.29, 0.717) is 0 Å². The third-order valence-corrected chi connectivity index (χ3v) is 1.92. The number of halogens is 2. The maximum Gasteiger partial charge on any atom is 0.261 e. The average Bonchev–Trinajstić information content (AvgIpc) is 2.50. The van der Waals surface area contributed by atoms with Crippen LogP contribution in [0.25, 0.3) is 0 Å². The number of nitrogens with zero attached hydrogens (tertiary/aromatic N) is 2. The molecule has 0 fully saturated rings. The van der Waals surface area contributed by atoms with Crippen molar-refractivity contribution in [1.29, 1.82) is 0 Å². The Morgan fingerprint density at radius 1 is 1.38 bits per heavy atom. The van der Waals surface area contributed by atoms with E-state index in [1.54, 1.807) is 7.05 Å². The minimum Gasteiger partial charge on any atom is -0.433 e. The highest BCUT2D eigenvalue weighted by Crippen LogP contribution is 2.27. The SMILES string of the molecule is Cn1cc(N)c(Oc2ccc(F)cc2F)n1. The van der Waals surface area contributed by atoms with Crippen molar-refractivity contribution in [2.45, 2.75) is 0 Å². The van der Waals surface area contributed by atoms with Gasteiger partial charge in [-0.1, -0.05) is 0 Å². The highest BCUT2D eigenvalue weighted by molar-refractivity contribution is 5.48. The molecule has 0 unspecified atom stereocenters. The summed E-state index contributed by atoms with van der Waals surface area (Å²) in [5, 5.41) is 3.88. The van der Waals surface area contributed by atoms with Crippen LogP contribution in [0, 0.1) is 11.6 Å². The Bertz CT molecular complexity index is 525. The van der Waals surface area contributed by atoms with Gasteiger partial charge in [0.1, 0.15) is 11.5 Å².